The summed E-state index contributed by atoms with van der Waals surface area (Å²) in [7, 11) is 0. The summed E-state index contributed by atoms with van der Waals surface area (Å²) in [5.41, 5.74) is 15.7. The molecule has 1 aromatic carbocycles. The molecule has 1 rings (SSSR count). The Hall–Kier alpha value is -1.71. The second-order valence-electron chi connectivity index (χ2n) is 3.18. The van der Waals surface area contributed by atoms with Crippen molar-refractivity contribution in [3.63, 3.8) is 0 Å². The lowest BCUT2D eigenvalue weighted by molar-refractivity contribution is 0.728. The van der Waals surface area contributed by atoms with Crippen LogP contribution >= 0.6 is 0 Å². The van der Waals surface area contributed by atoms with E-state index in [1.54, 1.807) is 0 Å². The number of hydrogen-bond donors (Lipinski definition) is 3. The second kappa shape index (κ2) is 5.11. The molecule has 0 spiro atoms. The summed E-state index contributed by atoms with van der Waals surface area (Å²) in [5.74, 6) is 0.0641. The maximum Gasteiger partial charge on any atom is 0.208 e. The summed E-state index contributed by atoms with van der Waals surface area (Å²) in [6.07, 6.45) is 0.915. The fourth-order valence-corrected chi connectivity index (χ4v) is 1.22. The quantitative estimate of drug-likeness (QED) is 0.278. The van der Waals surface area contributed by atoms with E-state index >= 15 is 0 Å². The van der Waals surface area contributed by atoms with Gasteiger partial charge in [0, 0.05) is 6.54 Å². The highest BCUT2D eigenvalue weighted by molar-refractivity contribution is 5.75. The Balaban J connectivity index is 2.35. The lowest BCUT2D eigenvalue weighted by atomic mass is 10.1. The Morgan fingerprint density at radius 2 is 2.21 bits per heavy atom. The third kappa shape index (κ3) is 3.80. The predicted octanol–water partition coefficient (Wildman–Crippen LogP) is 0.316. The van der Waals surface area contributed by atoms with E-state index < -0.39 is 0 Å². The van der Waals surface area contributed by atoms with Crippen LogP contribution in [0.1, 0.15) is 11.1 Å². The van der Waals surface area contributed by atoms with E-state index in [-0.39, 0.29) is 5.96 Å². The largest absolute Gasteiger partial charge is 0.369 e. The van der Waals surface area contributed by atoms with Crippen LogP contribution in [0.4, 0.5) is 0 Å². The normalized spacial score (nSPS) is 9.50. The van der Waals surface area contributed by atoms with Gasteiger partial charge in [-0.1, -0.05) is 29.8 Å². The van der Waals surface area contributed by atoms with E-state index in [1.807, 2.05) is 6.07 Å². The first kappa shape index (κ1) is 10.4. The number of nitrogens with one attached hydrogen (secondary N) is 1. The Morgan fingerprint density at radius 3 is 2.86 bits per heavy atom. The van der Waals surface area contributed by atoms with Gasteiger partial charge < -0.3 is 16.9 Å². The molecule has 0 aromatic heterocycles. The van der Waals surface area contributed by atoms with E-state index in [0.29, 0.717) is 0 Å². The summed E-state index contributed by atoms with van der Waals surface area (Å²) in [6.45, 7) is 2.81. The smallest absolute Gasteiger partial charge is 0.208 e. The maximum atomic E-state index is 5.16. The van der Waals surface area contributed by atoms with Crippen LogP contribution in [-0.2, 0) is 6.42 Å². The molecule has 0 aliphatic carbocycles. The molecule has 4 heteroatoms. The summed E-state index contributed by atoms with van der Waals surface area (Å²) < 4.78 is 0. The number of guanidine groups is 1. The van der Waals surface area contributed by atoms with Gasteiger partial charge in [-0.25, -0.2) is 0 Å². The zero-order valence-corrected chi connectivity index (χ0v) is 8.33. The maximum absolute atomic E-state index is 5.16. The van der Waals surface area contributed by atoms with Crippen LogP contribution in [0.3, 0.4) is 0 Å². The van der Waals surface area contributed by atoms with Crippen LogP contribution in [0.5, 0.6) is 0 Å². The Bertz CT molecular complexity index is 316. The first-order valence-electron chi connectivity index (χ1n) is 4.55. The van der Waals surface area contributed by atoms with Crippen molar-refractivity contribution in [2.75, 3.05) is 6.54 Å². The molecule has 0 amide bonds. The average Bonchev–Trinajstić information content (AvgIpc) is 2.12. The van der Waals surface area contributed by atoms with Crippen molar-refractivity contribution in [2.45, 2.75) is 13.3 Å². The first-order valence-corrected chi connectivity index (χ1v) is 4.55. The van der Waals surface area contributed by atoms with Gasteiger partial charge in [0.05, 0.1) is 0 Å². The van der Waals surface area contributed by atoms with Crippen LogP contribution in [0.2, 0.25) is 0 Å². The molecular weight excluding hydrogens is 176 g/mol. The van der Waals surface area contributed by atoms with E-state index in [1.165, 1.54) is 11.1 Å². The Kier molecular flexibility index (Phi) is 3.79. The van der Waals surface area contributed by atoms with E-state index in [0.717, 1.165) is 13.0 Å². The predicted molar refractivity (Wildman–Crippen MR) is 58.7 cm³/mol. The van der Waals surface area contributed by atoms with Gasteiger partial charge in [0.1, 0.15) is 0 Å². The molecule has 0 aliphatic rings. The highest BCUT2D eigenvalue weighted by Gasteiger charge is 1.92. The standard InChI is InChI=1S/C10H16N4/c1-8-3-2-4-9(7-8)5-6-13-14-10(11)12/h2-4,7,13H,5-6H2,1H3,(H4,11,12,14). The van der Waals surface area contributed by atoms with Gasteiger partial charge in [-0.2, -0.15) is 0 Å². The fraction of sp³-hybridized carbons (Fsp3) is 0.300. The molecule has 0 fully saturated rings. The van der Waals surface area contributed by atoms with Crippen LogP contribution in [0.15, 0.2) is 29.4 Å². The first-order chi connectivity index (χ1) is 6.68. The van der Waals surface area contributed by atoms with Crippen LogP contribution in [-0.4, -0.2) is 12.5 Å². The van der Waals surface area contributed by atoms with Gasteiger partial charge >= 0.3 is 0 Å². The second-order valence-corrected chi connectivity index (χ2v) is 3.18. The summed E-state index contributed by atoms with van der Waals surface area (Å²) in [5, 5.41) is 3.68. The fourth-order valence-electron chi connectivity index (χ4n) is 1.22. The Morgan fingerprint density at radius 1 is 1.43 bits per heavy atom. The Labute approximate surface area is 84.0 Å². The average molecular weight is 192 g/mol. The highest BCUT2D eigenvalue weighted by atomic mass is 15.3. The summed E-state index contributed by atoms with van der Waals surface area (Å²) in [6, 6.07) is 8.36. The van der Waals surface area contributed by atoms with Crippen molar-refractivity contribution in [1.29, 1.82) is 0 Å². The van der Waals surface area contributed by atoms with Crippen molar-refractivity contribution >= 4 is 5.96 Å². The molecule has 0 bridgehead atoms. The molecule has 0 saturated heterocycles. The van der Waals surface area contributed by atoms with Crippen molar-refractivity contribution in [2.24, 2.45) is 16.6 Å². The van der Waals surface area contributed by atoms with Crippen molar-refractivity contribution in [3.05, 3.63) is 35.4 Å². The monoisotopic (exact) mass is 192 g/mol. The molecule has 0 heterocycles. The molecule has 1 aromatic rings. The zero-order chi connectivity index (χ0) is 10.4. The number of benzene rings is 1. The molecule has 0 aliphatic heterocycles. The van der Waals surface area contributed by atoms with Gasteiger partial charge in [0.2, 0.25) is 5.96 Å². The van der Waals surface area contributed by atoms with E-state index in [4.69, 9.17) is 11.5 Å². The number of hydrazone groups is 1. The number of nitrogens with zero attached hydrogens (tertiary/aromatic N) is 1. The van der Waals surface area contributed by atoms with E-state index in [9.17, 15) is 0 Å². The van der Waals surface area contributed by atoms with Gasteiger partial charge in [-0.3, -0.25) is 0 Å². The van der Waals surface area contributed by atoms with Gasteiger partial charge in [-0.15, -0.1) is 5.10 Å². The molecule has 0 radical (unpaired) electrons. The lowest BCUT2D eigenvalue weighted by Crippen LogP contribution is -2.27. The molecular formula is C10H16N4. The number of rotatable bonds is 4. The van der Waals surface area contributed by atoms with Crippen molar-refractivity contribution in [3.8, 4) is 0 Å². The highest BCUT2D eigenvalue weighted by Crippen LogP contribution is 2.03. The van der Waals surface area contributed by atoms with E-state index in [2.05, 4.69) is 35.7 Å². The molecule has 0 atom stereocenters. The molecule has 0 unspecified atom stereocenters. The SMILES string of the molecule is Cc1cccc(CCNN=C(N)N)c1. The summed E-state index contributed by atoms with van der Waals surface area (Å²) in [4.78, 5) is 0. The number of nitrogens with two attached hydrogens (primary N) is 2. The van der Waals surface area contributed by atoms with Crippen LogP contribution in [0, 0.1) is 6.92 Å². The van der Waals surface area contributed by atoms with Crippen LogP contribution < -0.4 is 16.9 Å². The summed E-state index contributed by atoms with van der Waals surface area (Å²) >= 11 is 0. The van der Waals surface area contributed by atoms with Gasteiger partial charge in [0.25, 0.3) is 0 Å². The minimum absolute atomic E-state index is 0.0641. The molecule has 76 valence electrons. The lowest BCUT2D eigenvalue weighted by Gasteiger charge is -2.02. The minimum atomic E-state index is 0.0641. The zero-order valence-electron chi connectivity index (χ0n) is 8.33. The third-order valence-corrected chi connectivity index (χ3v) is 1.82. The van der Waals surface area contributed by atoms with Crippen molar-refractivity contribution in [1.82, 2.24) is 5.43 Å². The molecule has 14 heavy (non-hydrogen) atoms. The molecule has 0 saturated carbocycles. The minimum Gasteiger partial charge on any atom is -0.369 e. The number of aryl methyl sites for hydroxylation is 1. The molecule has 5 N–H and O–H groups in total. The van der Waals surface area contributed by atoms with Gasteiger partial charge in [0.15, 0.2) is 0 Å². The topological polar surface area (TPSA) is 76.4 Å². The van der Waals surface area contributed by atoms with Crippen LogP contribution in [0.25, 0.3) is 0 Å². The number of hydrogen-bond acceptors (Lipinski definition) is 2. The third-order valence-electron chi connectivity index (χ3n) is 1.82. The van der Waals surface area contributed by atoms with Crippen molar-refractivity contribution < 1.29 is 0 Å². The molecule has 4 nitrogen and oxygen atoms in total. The van der Waals surface area contributed by atoms with Gasteiger partial charge in [-0.05, 0) is 18.9 Å².